The summed E-state index contributed by atoms with van der Waals surface area (Å²) in [6.07, 6.45) is 0.987. The first-order valence-corrected chi connectivity index (χ1v) is 8.99. The summed E-state index contributed by atoms with van der Waals surface area (Å²) in [5.41, 5.74) is 4.97. The maximum atomic E-state index is 5.50. The van der Waals surface area contributed by atoms with Crippen LogP contribution in [0.15, 0.2) is 48.5 Å². The van der Waals surface area contributed by atoms with E-state index < -0.39 is 0 Å². The molecule has 0 fully saturated rings. The highest BCUT2D eigenvalue weighted by atomic mass is 16.7. The number of ether oxygens (including phenoxy) is 2. The fourth-order valence-electron chi connectivity index (χ4n) is 3.82. The molecular weight excluding hydrogens is 326 g/mol. The minimum atomic E-state index is 0.323. The van der Waals surface area contributed by atoms with Gasteiger partial charge in [0.1, 0.15) is 5.82 Å². The van der Waals surface area contributed by atoms with Crippen LogP contribution in [-0.2, 0) is 26.6 Å². The minimum absolute atomic E-state index is 0.323. The highest BCUT2D eigenvalue weighted by molar-refractivity contribution is 5.57. The standard InChI is InChI=1S/C21H21N3O2/c1-23-18-13-24(12-15-7-8-19-20(11-15)26-14-25-19)10-9-17(18)22-21(23)16-5-3-2-4-6-16/h2-8,11H,9-10,12-14H2,1H3. The topological polar surface area (TPSA) is 39.5 Å². The van der Waals surface area contributed by atoms with Gasteiger partial charge in [-0.25, -0.2) is 4.98 Å². The van der Waals surface area contributed by atoms with Crippen molar-refractivity contribution in [3.05, 3.63) is 65.5 Å². The van der Waals surface area contributed by atoms with Crippen molar-refractivity contribution >= 4 is 0 Å². The Labute approximate surface area is 152 Å². The minimum Gasteiger partial charge on any atom is -0.454 e. The van der Waals surface area contributed by atoms with Crippen LogP contribution in [0.25, 0.3) is 11.4 Å². The highest BCUT2D eigenvalue weighted by Gasteiger charge is 2.24. The van der Waals surface area contributed by atoms with Crippen molar-refractivity contribution in [3.63, 3.8) is 0 Å². The van der Waals surface area contributed by atoms with Gasteiger partial charge in [-0.3, -0.25) is 4.90 Å². The zero-order valence-corrected chi connectivity index (χ0v) is 14.8. The van der Waals surface area contributed by atoms with Gasteiger partial charge in [-0.15, -0.1) is 0 Å². The molecule has 0 aliphatic carbocycles. The first kappa shape index (κ1) is 15.5. The first-order chi connectivity index (χ1) is 12.8. The second kappa shape index (κ2) is 6.18. The van der Waals surface area contributed by atoms with Crippen molar-refractivity contribution < 1.29 is 9.47 Å². The number of benzene rings is 2. The molecule has 2 aliphatic heterocycles. The predicted octanol–water partition coefficient (Wildman–Crippen LogP) is 3.37. The summed E-state index contributed by atoms with van der Waals surface area (Å²) in [6, 6.07) is 16.6. The molecule has 3 aromatic rings. The summed E-state index contributed by atoms with van der Waals surface area (Å²) in [7, 11) is 2.12. The van der Waals surface area contributed by atoms with Crippen molar-refractivity contribution in [1.29, 1.82) is 0 Å². The van der Waals surface area contributed by atoms with Crippen molar-refractivity contribution in [2.75, 3.05) is 13.3 Å². The lowest BCUT2D eigenvalue weighted by Gasteiger charge is -2.27. The predicted molar refractivity (Wildman–Crippen MR) is 99.0 cm³/mol. The fourth-order valence-corrected chi connectivity index (χ4v) is 3.82. The first-order valence-electron chi connectivity index (χ1n) is 8.99. The maximum Gasteiger partial charge on any atom is 0.231 e. The van der Waals surface area contributed by atoms with E-state index in [-0.39, 0.29) is 0 Å². The zero-order valence-electron chi connectivity index (χ0n) is 14.8. The van der Waals surface area contributed by atoms with Crippen LogP contribution in [0.2, 0.25) is 0 Å². The van der Waals surface area contributed by atoms with Crippen molar-refractivity contribution in [3.8, 4) is 22.9 Å². The van der Waals surface area contributed by atoms with Crippen LogP contribution in [0.5, 0.6) is 11.5 Å². The molecule has 0 atom stereocenters. The van der Waals surface area contributed by atoms with Gasteiger partial charge in [0.15, 0.2) is 11.5 Å². The van der Waals surface area contributed by atoms with Crippen LogP contribution in [-0.4, -0.2) is 27.8 Å². The molecule has 0 spiro atoms. The average molecular weight is 347 g/mol. The summed E-state index contributed by atoms with van der Waals surface area (Å²) >= 11 is 0. The molecule has 132 valence electrons. The Morgan fingerprint density at radius 2 is 1.88 bits per heavy atom. The van der Waals surface area contributed by atoms with Crippen molar-refractivity contribution in [1.82, 2.24) is 14.5 Å². The molecule has 1 aromatic heterocycles. The molecule has 5 nitrogen and oxygen atoms in total. The van der Waals surface area contributed by atoms with Gasteiger partial charge < -0.3 is 14.0 Å². The quantitative estimate of drug-likeness (QED) is 0.728. The molecule has 0 radical (unpaired) electrons. The van der Waals surface area contributed by atoms with Gasteiger partial charge in [0.25, 0.3) is 0 Å². The fraction of sp³-hybridized carbons (Fsp3) is 0.286. The SMILES string of the molecule is Cn1c(-c2ccccc2)nc2c1CN(Cc1ccc3c(c1)OCO3)CC2. The lowest BCUT2D eigenvalue weighted by atomic mass is 10.1. The second-order valence-corrected chi connectivity index (χ2v) is 6.90. The van der Waals surface area contributed by atoms with Crippen LogP contribution in [0.1, 0.15) is 17.0 Å². The number of nitrogens with zero attached hydrogens (tertiary/aromatic N) is 3. The molecule has 0 saturated carbocycles. The third-order valence-electron chi connectivity index (χ3n) is 5.21. The molecule has 2 aromatic carbocycles. The summed E-state index contributed by atoms with van der Waals surface area (Å²) < 4.78 is 13.2. The van der Waals surface area contributed by atoms with E-state index >= 15 is 0 Å². The maximum absolute atomic E-state index is 5.50. The number of aromatic nitrogens is 2. The molecule has 2 aliphatic rings. The van der Waals surface area contributed by atoms with Crippen LogP contribution in [0.3, 0.4) is 0 Å². The normalized spacial score (nSPS) is 15.9. The van der Waals surface area contributed by atoms with E-state index in [4.69, 9.17) is 14.5 Å². The molecule has 5 heteroatoms. The Bertz CT molecular complexity index is 949. The molecule has 5 rings (SSSR count). The third-order valence-corrected chi connectivity index (χ3v) is 5.21. The largest absolute Gasteiger partial charge is 0.454 e. The molecule has 0 N–H and O–H groups in total. The lowest BCUT2D eigenvalue weighted by Crippen LogP contribution is -2.31. The van der Waals surface area contributed by atoms with Gasteiger partial charge in [-0.1, -0.05) is 36.4 Å². The van der Waals surface area contributed by atoms with E-state index in [0.29, 0.717) is 6.79 Å². The summed E-state index contributed by atoms with van der Waals surface area (Å²) in [6.45, 7) is 3.16. The molecule has 0 amide bonds. The molecule has 0 unspecified atom stereocenters. The van der Waals surface area contributed by atoms with Crippen LogP contribution >= 0.6 is 0 Å². The summed E-state index contributed by atoms with van der Waals surface area (Å²) in [5.74, 6) is 2.75. The smallest absolute Gasteiger partial charge is 0.231 e. The zero-order chi connectivity index (χ0) is 17.5. The second-order valence-electron chi connectivity index (χ2n) is 6.90. The van der Waals surface area contributed by atoms with Gasteiger partial charge in [0, 0.05) is 38.7 Å². The van der Waals surface area contributed by atoms with E-state index in [1.54, 1.807) is 0 Å². The summed E-state index contributed by atoms with van der Waals surface area (Å²) in [5, 5.41) is 0. The van der Waals surface area contributed by atoms with Crippen LogP contribution in [0.4, 0.5) is 0 Å². The van der Waals surface area contributed by atoms with E-state index in [1.807, 2.05) is 12.1 Å². The number of hydrogen-bond acceptors (Lipinski definition) is 4. The van der Waals surface area contributed by atoms with Gasteiger partial charge in [0.05, 0.1) is 11.4 Å². The Kier molecular flexibility index (Phi) is 3.68. The molecule has 0 bridgehead atoms. The van der Waals surface area contributed by atoms with Gasteiger partial charge in [-0.05, 0) is 17.7 Å². The molecular formula is C21H21N3O2. The van der Waals surface area contributed by atoms with E-state index in [2.05, 4.69) is 52.9 Å². The van der Waals surface area contributed by atoms with Crippen molar-refractivity contribution in [2.24, 2.45) is 7.05 Å². The average Bonchev–Trinajstić information content (AvgIpc) is 3.27. The van der Waals surface area contributed by atoms with E-state index in [9.17, 15) is 0 Å². The monoisotopic (exact) mass is 347 g/mol. The van der Waals surface area contributed by atoms with Gasteiger partial charge in [0.2, 0.25) is 6.79 Å². The summed E-state index contributed by atoms with van der Waals surface area (Å²) in [4.78, 5) is 7.38. The Balaban J connectivity index is 1.38. The van der Waals surface area contributed by atoms with Crippen LogP contribution in [0, 0.1) is 0 Å². The van der Waals surface area contributed by atoms with Gasteiger partial charge in [-0.2, -0.15) is 0 Å². The Morgan fingerprint density at radius 3 is 2.77 bits per heavy atom. The molecule has 26 heavy (non-hydrogen) atoms. The number of fused-ring (bicyclic) bond motifs is 2. The lowest BCUT2D eigenvalue weighted by molar-refractivity contribution is 0.174. The Morgan fingerprint density at radius 1 is 1.04 bits per heavy atom. The molecule has 3 heterocycles. The molecule has 0 saturated heterocycles. The van der Waals surface area contributed by atoms with E-state index in [0.717, 1.165) is 43.4 Å². The van der Waals surface area contributed by atoms with Crippen LogP contribution < -0.4 is 9.47 Å². The highest BCUT2D eigenvalue weighted by Crippen LogP contribution is 2.33. The number of hydrogen-bond donors (Lipinski definition) is 0. The van der Waals surface area contributed by atoms with E-state index in [1.165, 1.54) is 22.5 Å². The van der Waals surface area contributed by atoms with Gasteiger partial charge >= 0.3 is 0 Å². The number of rotatable bonds is 3. The Hall–Kier alpha value is -2.79. The third kappa shape index (κ3) is 2.65. The van der Waals surface area contributed by atoms with Crippen molar-refractivity contribution in [2.45, 2.75) is 19.5 Å². The number of imidazole rings is 1.